The number of thiol groups is 1. The summed E-state index contributed by atoms with van der Waals surface area (Å²) < 4.78 is 114. The number of aromatic nitrogens is 16. The summed E-state index contributed by atoms with van der Waals surface area (Å²) >= 11 is 27.0. The Balaban J connectivity index is 0.000000211. The van der Waals surface area contributed by atoms with Crippen LogP contribution < -0.4 is 22.2 Å². The number of carbonyl (C=O) groups excluding carboxylic acids is 1. The lowest BCUT2D eigenvalue weighted by Gasteiger charge is -2.25. The zero-order valence-electron chi connectivity index (χ0n) is 47.5. The normalized spacial score (nSPS) is 28.7. The molecule has 0 radical (unpaired) electrons. The van der Waals surface area contributed by atoms with Gasteiger partial charge in [0.15, 0.2) is 58.4 Å². The summed E-state index contributed by atoms with van der Waals surface area (Å²) in [4.78, 5) is 109. The summed E-state index contributed by atoms with van der Waals surface area (Å²) in [5, 5.41) is 2.51. The van der Waals surface area contributed by atoms with Crippen LogP contribution in [0.25, 0.3) is 49.5 Å². The molecule has 0 aliphatic carbocycles. The SMILES string of the molecule is C.IC(I)I.Nc1nc2c(ncn2[C@@H]2O[C@@H]3COP(O)(=S)OCCn4c(nc5cncnc54)COP(=O)(S)O[C@@H]2[C@@H]3F)c(=O)[nH]1.[C-]#[N+]CCOP1(=S)OCCn2c(nc3cncnc32)COP(O)(=S)O[C@@H]2[C@H](F)[C@@H](CO1)O[C@H]2n1cnc2c(=O)[nH]c(NC(=O)C(C)C)nc21. The van der Waals surface area contributed by atoms with Crippen LogP contribution in [-0.2, 0) is 121 Å². The number of imidazole rings is 4. The van der Waals surface area contributed by atoms with E-state index in [1.54, 1.807) is 23.0 Å². The third kappa shape index (κ3) is 18.0. The second-order valence-corrected chi connectivity index (χ2v) is 42.2. The highest BCUT2D eigenvalue weighted by Gasteiger charge is 2.52. The van der Waals surface area contributed by atoms with Crippen LogP contribution in [0.15, 0.2) is 47.3 Å². The van der Waals surface area contributed by atoms with Gasteiger partial charge in [0.05, 0.1) is 51.5 Å². The Morgan fingerprint density at radius 2 is 1.31 bits per heavy atom. The monoisotopic (exact) mass is 1800 g/mol. The molecule has 4 unspecified atom stereocenters. The number of fused-ring (bicyclic) bond motifs is 12. The summed E-state index contributed by atoms with van der Waals surface area (Å²) in [6.07, 6.45) is -5.03. The third-order valence-electron chi connectivity index (χ3n) is 13.3. The number of hydrogen-bond acceptors (Lipinski definition) is 29. The first-order chi connectivity index (χ1) is 44.1. The van der Waals surface area contributed by atoms with Gasteiger partial charge in [0.25, 0.3) is 11.1 Å². The topological polar surface area (TPSA) is 433 Å². The maximum Gasteiger partial charge on any atom is 0.387 e. The average Bonchev–Trinajstić information content (AvgIpc) is 1.62. The number of ether oxygens (including phenoxy) is 2. The van der Waals surface area contributed by atoms with Gasteiger partial charge < -0.3 is 66.1 Å². The van der Waals surface area contributed by atoms with E-state index >= 15 is 8.78 Å². The van der Waals surface area contributed by atoms with Crippen molar-refractivity contribution in [3.8, 4) is 0 Å². The van der Waals surface area contributed by atoms with Crippen LogP contribution >= 0.6 is 107 Å². The van der Waals surface area contributed by atoms with Crippen molar-refractivity contribution in [1.29, 1.82) is 0 Å². The molecule has 2 fully saturated rings. The summed E-state index contributed by atoms with van der Waals surface area (Å²) in [5.41, 5.74) is 5.58. The number of H-pyrrole nitrogens is 2. The van der Waals surface area contributed by atoms with Crippen LogP contribution in [0.2, 0.25) is 0 Å². The van der Waals surface area contributed by atoms with Gasteiger partial charge in [0.1, 0.15) is 79.5 Å². The van der Waals surface area contributed by atoms with Crippen molar-refractivity contribution < 1.29 is 78.1 Å². The number of nitrogens with two attached hydrogens (primary N) is 1. The van der Waals surface area contributed by atoms with Gasteiger partial charge in [-0.05, 0) is 35.4 Å². The van der Waals surface area contributed by atoms with E-state index in [2.05, 4.69) is 150 Å². The number of nitrogens with one attached hydrogen (secondary N) is 3. The van der Waals surface area contributed by atoms with Crippen LogP contribution in [0.5, 0.6) is 0 Å². The van der Waals surface area contributed by atoms with Gasteiger partial charge in [0, 0.05) is 19.0 Å². The lowest BCUT2D eigenvalue weighted by Crippen LogP contribution is -2.32. The molecule has 510 valence electrons. The van der Waals surface area contributed by atoms with E-state index in [9.17, 15) is 28.7 Å². The Bertz CT molecular complexity index is 4440. The van der Waals surface area contributed by atoms with Crippen molar-refractivity contribution >= 4 is 205 Å². The fourth-order valence-corrected chi connectivity index (χ4v) is 14.9. The lowest BCUT2D eigenvalue weighted by molar-refractivity contribution is -0.118. The zero-order valence-corrected chi connectivity index (χ0v) is 60.9. The Hall–Kier alpha value is -3.38. The van der Waals surface area contributed by atoms with Crippen molar-refractivity contribution in [3.63, 3.8) is 0 Å². The molecular weight excluding hydrogens is 1750 g/mol. The molecule has 36 nitrogen and oxygen atoms in total. The minimum atomic E-state index is -4.30. The lowest BCUT2D eigenvalue weighted by atomic mass is 10.1. The molecule has 8 aromatic rings. The number of amides is 1. The van der Waals surface area contributed by atoms with Crippen molar-refractivity contribution in [2.75, 3.05) is 50.6 Å². The number of nitrogens with zero attached hydrogens (tertiary/aromatic N) is 15. The van der Waals surface area contributed by atoms with Gasteiger partial charge in [0.2, 0.25) is 24.3 Å². The predicted molar refractivity (Wildman–Crippen MR) is 369 cm³/mol. The molecule has 12 rings (SSSR count). The Morgan fingerprint density at radius 3 is 1.87 bits per heavy atom. The summed E-state index contributed by atoms with van der Waals surface area (Å²) in [5.74, 6) is -0.754. The van der Waals surface area contributed by atoms with Gasteiger partial charge in [-0.1, -0.05) is 101 Å². The van der Waals surface area contributed by atoms with Crippen LogP contribution in [0, 0.1) is 12.5 Å². The molecule has 1 amide bonds. The highest BCUT2D eigenvalue weighted by Crippen LogP contribution is 2.58. The highest BCUT2D eigenvalue weighted by molar-refractivity contribution is 14.3. The van der Waals surface area contributed by atoms with E-state index in [4.69, 9.17) is 97.9 Å². The maximum absolute atomic E-state index is 16.3. The molecule has 49 heteroatoms. The number of hydrogen-bond donors (Lipinski definition) is 7. The van der Waals surface area contributed by atoms with Crippen molar-refractivity contribution in [3.05, 3.63) is 81.5 Å². The van der Waals surface area contributed by atoms with Crippen molar-refractivity contribution in [2.24, 2.45) is 5.92 Å². The Kier molecular flexibility index (Phi) is 25.4. The van der Waals surface area contributed by atoms with Crippen LogP contribution in [0.1, 0.15) is 45.4 Å². The fraction of sp³-hybridized carbons (Fsp3) is 0.511. The summed E-state index contributed by atoms with van der Waals surface area (Å²) in [6, 6.07) is 0. The molecule has 0 aromatic carbocycles. The molecule has 4 aliphatic heterocycles. The van der Waals surface area contributed by atoms with Gasteiger partial charge in [-0.15, -0.1) is 0 Å². The van der Waals surface area contributed by atoms with E-state index in [-0.39, 0.29) is 106 Å². The van der Waals surface area contributed by atoms with E-state index in [1.165, 1.54) is 40.5 Å². The molecule has 12 atom stereocenters. The minimum Gasteiger partial charge on any atom is -0.369 e. The number of halogens is 5. The van der Waals surface area contributed by atoms with E-state index in [0.29, 0.717) is 22.3 Å². The largest absolute Gasteiger partial charge is 0.387 e. The Morgan fingerprint density at radius 1 is 0.787 bits per heavy atom. The minimum absolute atomic E-state index is 0. The molecule has 4 bridgehead atoms. The first-order valence-corrected chi connectivity index (χ1v) is 40.9. The van der Waals surface area contributed by atoms with Crippen LogP contribution in [0.3, 0.4) is 0 Å². The number of alkyl halides is 5. The second kappa shape index (κ2) is 31.9. The molecule has 7 N–H and O–H groups in total. The van der Waals surface area contributed by atoms with Gasteiger partial charge in [-0.3, -0.25) is 52.4 Å². The molecule has 94 heavy (non-hydrogen) atoms. The molecule has 8 aromatic heterocycles. The molecule has 0 spiro atoms. The number of carbonyl (C=O) groups is 1. The van der Waals surface area contributed by atoms with Gasteiger partial charge in [-0.25, -0.2) is 59.8 Å². The number of rotatable bonds is 7. The van der Waals surface area contributed by atoms with E-state index in [0.717, 1.165) is 6.27 Å². The Labute approximate surface area is 590 Å². The van der Waals surface area contributed by atoms with Gasteiger partial charge >= 0.3 is 27.0 Å². The van der Waals surface area contributed by atoms with Crippen LogP contribution in [-0.4, -0.2) is 170 Å². The first-order valence-electron chi connectivity index (χ1n) is 26.7. The average molecular weight is 1800 g/mol. The third-order valence-corrected chi connectivity index (χ3v) is 20.5. The summed E-state index contributed by atoms with van der Waals surface area (Å²) in [6.45, 7) is -7.55. The predicted octanol–water partition coefficient (Wildman–Crippen LogP) is 6.31. The molecule has 0 saturated carbocycles. The fourth-order valence-electron chi connectivity index (χ4n) is 9.25. The quantitative estimate of drug-likeness (QED) is 0.0229. The molecule has 4 aliphatic rings. The van der Waals surface area contributed by atoms with Crippen molar-refractivity contribution in [2.45, 2.75) is 96.7 Å². The van der Waals surface area contributed by atoms with Crippen molar-refractivity contribution in [1.82, 2.24) is 78.1 Å². The molecular formula is C45H54F2I3N19O17P4S4. The number of aromatic amines is 2. The van der Waals surface area contributed by atoms with E-state index in [1.807, 2.05) is 0 Å². The first kappa shape index (κ1) is 74.8. The second-order valence-electron chi connectivity index (χ2n) is 19.8. The van der Waals surface area contributed by atoms with Gasteiger partial charge in [-0.2, -0.15) is 9.97 Å². The summed E-state index contributed by atoms with van der Waals surface area (Å²) in [7, 11) is 0. The number of nitrogen functional groups attached to an aromatic ring is 1. The smallest absolute Gasteiger partial charge is 0.369 e. The molecule has 12 heterocycles. The van der Waals surface area contributed by atoms with E-state index < -0.39 is 112 Å². The number of anilines is 2. The maximum atomic E-state index is 16.3. The van der Waals surface area contributed by atoms with Crippen LogP contribution in [0.4, 0.5) is 20.7 Å². The zero-order chi connectivity index (χ0) is 66.7. The standard InChI is InChI=1S/C25H29FN10O9P2S2.C18H20FN9O8P2S2.CHI3.CH4/c1-13(2)22(37)33-25-32-21-18(23(38)34-25)30-12-36(21)24-19-17(26)15(44-24)9-43-47(49,40-6-4-27-3)41-7-5-35-16(10-42-46(39,48)45-19)31-14-8-28-11-29-20(14)35;19-11-9-4-33-37(30,39)32-2-1-27-10(24-8-3-21-6-22-14(8)27)5-34-38(31,40)36-13(11)17(35-9)28-7-23-12-15(28)25-18(20)26-16(12)29;2-1(3)4;/h8,11-13,15,17,19,24H,4-7,9-10H2,1-2H3,(H,39,48)(H2,32,33,34,37,38);3,6-7,9,11,13,17H,1-2,4-5H2,(H,30,39)(H,31,40)(H3,20,25,26,29);1H;1H4/t15-,17-,19-,24-,46?,47?;9-,11-,13-,17-,37?,38?;;/m11../s1. The molecule has 2 saturated heterocycles. The highest BCUT2D eigenvalue weighted by atomic mass is 127.